The average Bonchev–Trinajstić information content (AvgIpc) is 2.55. The van der Waals surface area contributed by atoms with Crippen molar-refractivity contribution in [3.63, 3.8) is 0 Å². The van der Waals surface area contributed by atoms with E-state index in [1.54, 1.807) is 6.08 Å². The highest BCUT2D eigenvalue weighted by Gasteiger charge is 2.20. The van der Waals surface area contributed by atoms with Crippen LogP contribution in [0.25, 0.3) is 0 Å². The molecule has 2 heteroatoms. The van der Waals surface area contributed by atoms with Gasteiger partial charge in [-0.25, -0.2) is 0 Å². The molecular formula is C19H22FN. The summed E-state index contributed by atoms with van der Waals surface area (Å²) in [4.78, 5) is 0. The van der Waals surface area contributed by atoms with E-state index in [1.165, 1.54) is 36.1 Å². The lowest BCUT2D eigenvalue weighted by Gasteiger charge is -2.27. The van der Waals surface area contributed by atoms with Crippen molar-refractivity contribution >= 4 is 0 Å². The molecule has 110 valence electrons. The summed E-state index contributed by atoms with van der Waals surface area (Å²) in [6, 6.07) is 10.5. The maximum Gasteiger partial charge on any atom is 0.199 e. The Bertz CT molecular complexity index is 540. The molecule has 0 bridgehead atoms. The number of allylic oxidation sites excluding steroid dienone is 4. The Morgan fingerprint density at radius 1 is 1.24 bits per heavy atom. The van der Waals surface area contributed by atoms with E-state index >= 15 is 0 Å². The molecule has 0 unspecified atom stereocenters. The van der Waals surface area contributed by atoms with E-state index in [0.29, 0.717) is 11.8 Å². The number of hydrogen-bond acceptors (Lipinski definition) is 1. The first kappa shape index (κ1) is 15.5. The van der Waals surface area contributed by atoms with Crippen LogP contribution >= 0.6 is 0 Å². The Morgan fingerprint density at radius 3 is 2.48 bits per heavy atom. The van der Waals surface area contributed by atoms with E-state index in [-0.39, 0.29) is 0 Å². The van der Waals surface area contributed by atoms with Gasteiger partial charge in [0.1, 0.15) is 6.07 Å². The molecule has 1 aromatic rings. The standard InChI is InChI=1S/C19H22FN/c1-2-15-6-10-17(11-7-15)18-12-8-16(9-13-18)4-3-5-19(20)14-21/h3-7,10-11,16,18H,2,8-9,12-13H2,1H3. The summed E-state index contributed by atoms with van der Waals surface area (Å²) in [5.74, 6) is 0.446. The largest absolute Gasteiger partial charge is 0.199 e. The molecule has 1 nitrogen and oxygen atoms in total. The third-order valence-corrected chi connectivity index (χ3v) is 4.36. The molecule has 0 atom stereocenters. The first-order valence-electron chi connectivity index (χ1n) is 7.75. The zero-order valence-corrected chi connectivity index (χ0v) is 12.6. The molecule has 0 spiro atoms. The summed E-state index contributed by atoms with van der Waals surface area (Å²) in [6.45, 7) is 2.18. The fourth-order valence-corrected chi connectivity index (χ4v) is 3.00. The number of rotatable bonds is 4. The van der Waals surface area contributed by atoms with Crippen molar-refractivity contribution in [2.24, 2.45) is 5.92 Å². The van der Waals surface area contributed by atoms with Crippen LogP contribution < -0.4 is 0 Å². The Hall–Kier alpha value is -1.88. The smallest absolute Gasteiger partial charge is 0.195 e. The highest BCUT2D eigenvalue weighted by molar-refractivity contribution is 5.26. The molecule has 0 saturated heterocycles. The Morgan fingerprint density at radius 2 is 1.90 bits per heavy atom. The lowest BCUT2D eigenvalue weighted by molar-refractivity contribution is 0.376. The summed E-state index contributed by atoms with van der Waals surface area (Å²) in [5.41, 5.74) is 2.84. The predicted octanol–water partition coefficient (Wildman–Crippen LogP) is 5.46. The summed E-state index contributed by atoms with van der Waals surface area (Å²) in [6.07, 6.45) is 10.7. The molecule has 1 fully saturated rings. The normalized spacial score (nSPS) is 23.2. The van der Waals surface area contributed by atoms with Crippen molar-refractivity contribution in [3.8, 4) is 6.07 Å². The van der Waals surface area contributed by atoms with Crippen molar-refractivity contribution < 1.29 is 4.39 Å². The van der Waals surface area contributed by atoms with Gasteiger partial charge in [0.05, 0.1) is 0 Å². The monoisotopic (exact) mass is 283 g/mol. The number of halogens is 1. The van der Waals surface area contributed by atoms with Crippen molar-refractivity contribution in [3.05, 3.63) is 59.4 Å². The molecule has 2 rings (SSSR count). The van der Waals surface area contributed by atoms with Crippen LogP contribution in [0.1, 0.15) is 49.7 Å². The molecular weight excluding hydrogens is 261 g/mol. The van der Waals surface area contributed by atoms with E-state index in [4.69, 9.17) is 5.26 Å². The first-order chi connectivity index (χ1) is 10.2. The quantitative estimate of drug-likeness (QED) is 0.532. The molecule has 1 saturated carbocycles. The lowest BCUT2D eigenvalue weighted by atomic mass is 9.78. The van der Waals surface area contributed by atoms with Gasteiger partial charge in [0.15, 0.2) is 5.83 Å². The molecule has 1 aliphatic carbocycles. The molecule has 0 amide bonds. The third kappa shape index (κ3) is 4.56. The van der Waals surface area contributed by atoms with Gasteiger partial charge in [-0.2, -0.15) is 9.65 Å². The Balaban J connectivity index is 1.86. The Kier molecular flexibility index (Phi) is 5.75. The number of nitriles is 1. The molecule has 0 aliphatic heterocycles. The van der Waals surface area contributed by atoms with E-state index in [1.807, 2.05) is 6.08 Å². The van der Waals surface area contributed by atoms with Crippen LogP contribution in [-0.2, 0) is 6.42 Å². The minimum atomic E-state index is -0.726. The van der Waals surface area contributed by atoms with Gasteiger partial charge < -0.3 is 0 Å². The zero-order chi connectivity index (χ0) is 15.1. The van der Waals surface area contributed by atoms with E-state index in [9.17, 15) is 4.39 Å². The molecule has 0 radical (unpaired) electrons. The van der Waals surface area contributed by atoms with Crippen molar-refractivity contribution in [1.29, 1.82) is 5.26 Å². The van der Waals surface area contributed by atoms with E-state index in [0.717, 1.165) is 19.3 Å². The van der Waals surface area contributed by atoms with Gasteiger partial charge in [0, 0.05) is 0 Å². The molecule has 21 heavy (non-hydrogen) atoms. The fourth-order valence-electron chi connectivity index (χ4n) is 3.00. The third-order valence-electron chi connectivity index (χ3n) is 4.36. The molecule has 1 aromatic carbocycles. The van der Waals surface area contributed by atoms with Crippen LogP contribution in [0.15, 0.2) is 48.3 Å². The first-order valence-corrected chi connectivity index (χ1v) is 7.75. The predicted molar refractivity (Wildman–Crippen MR) is 84.5 cm³/mol. The minimum absolute atomic E-state index is 0.513. The van der Waals surface area contributed by atoms with Gasteiger partial charge in [-0.1, -0.05) is 43.3 Å². The Labute approximate surface area is 126 Å². The zero-order valence-electron chi connectivity index (χ0n) is 12.6. The van der Waals surface area contributed by atoms with Crippen LogP contribution in [0.4, 0.5) is 4.39 Å². The highest BCUT2D eigenvalue weighted by Crippen LogP contribution is 2.36. The van der Waals surface area contributed by atoms with E-state index < -0.39 is 5.83 Å². The number of hydrogen-bond donors (Lipinski definition) is 0. The maximum absolute atomic E-state index is 12.7. The van der Waals surface area contributed by atoms with Gasteiger partial charge >= 0.3 is 0 Å². The molecule has 0 aromatic heterocycles. The fraction of sp³-hybridized carbons (Fsp3) is 0.421. The maximum atomic E-state index is 12.7. The topological polar surface area (TPSA) is 23.8 Å². The SMILES string of the molecule is CCc1ccc(C2CCC(C=CC=C(F)C#N)CC2)cc1. The van der Waals surface area contributed by atoms with Gasteiger partial charge in [-0.15, -0.1) is 0 Å². The van der Waals surface area contributed by atoms with Gasteiger partial charge in [0.25, 0.3) is 0 Å². The highest BCUT2D eigenvalue weighted by atomic mass is 19.1. The lowest BCUT2D eigenvalue weighted by Crippen LogP contribution is -2.11. The van der Waals surface area contributed by atoms with E-state index in [2.05, 4.69) is 31.2 Å². The van der Waals surface area contributed by atoms with Gasteiger partial charge in [-0.05, 0) is 61.1 Å². The van der Waals surface area contributed by atoms with Crippen LogP contribution in [-0.4, -0.2) is 0 Å². The van der Waals surface area contributed by atoms with Gasteiger partial charge in [-0.3, -0.25) is 0 Å². The second kappa shape index (κ2) is 7.78. The molecule has 0 N–H and O–H groups in total. The summed E-state index contributed by atoms with van der Waals surface area (Å²) < 4.78 is 12.7. The van der Waals surface area contributed by atoms with Crippen LogP contribution in [0.2, 0.25) is 0 Å². The number of aryl methyl sites for hydroxylation is 1. The van der Waals surface area contributed by atoms with Gasteiger partial charge in [0.2, 0.25) is 0 Å². The van der Waals surface area contributed by atoms with Crippen LogP contribution in [0.3, 0.4) is 0 Å². The van der Waals surface area contributed by atoms with Crippen LogP contribution in [0, 0.1) is 17.2 Å². The number of benzene rings is 1. The molecule has 0 heterocycles. The minimum Gasteiger partial charge on any atom is -0.195 e. The van der Waals surface area contributed by atoms with Crippen molar-refractivity contribution in [1.82, 2.24) is 0 Å². The molecule has 1 aliphatic rings. The summed E-state index contributed by atoms with van der Waals surface area (Å²) in [7, 11) is 0. The van der Waals surface area contributed by atoms with Crippen molar-refractivity contribution in [2.75, 3.05) is 0 Å². The summed E-state index contributed by atoms with van der Waals surface area (Å²) >= 11 is 0. The second-order valence-electron chi connectivity index (χ2n) is 5.72. The average molecular weight is 283 g/mol. The number of nitrogens with zero attached hydrogens (tertiary/aromatic N) is 1. The van der Waals surface area contributed by atoms with Crippen LogP contribution in [0.5, 0.6) is 0 Å². The van der Waals surface area contributed by atoms with Crippen molar-refractivity contribution in [2.45, 2.75) is 44.9 Å². The summed E-state index contributed by atoms with van der Waals surface area (Å²) in [5, 5.41) is 8.34. The second-order valence-corrected chi connectivity index (χ2v) is 5.72.